The minimum atomic E-state index is -0.480. The van der Waals surface area contributed by atoms with Gasteiger partial charge in [-0.25, -0.2) is 9.78 Å². The fourth-order valence-electron chi connectivity index (χ4n) is 3.23. The highest BCUT2D eigenvalue weighted by Gasteiger charge is 2.23. The predicted molar refractivity (Wildman–Crippen MR) is 113 cm³/mol. The van der Waals surface area contributed by atoms with Crippen molar-refractivity contribution >= 4 is 6.03 Å². The van der Waals surface area contributed by atoms with Crippen molar-refractivity contribution in [2.24, 2.45) is 7.05 Å². The Morgan fingerprint density at radius 1 is 1.20 bits per heavy atom. The second-order valence-electron chi connectivity index (χ2n) is 7.11. The molecule has 1 aromatic carbocycles. The van der Waals surface area contributed by atoms with Crippen LogP contribution in [0.25, 0.3) is 0 Å². The van der Waals surface area contributed by atoms with Crippen molar-refractivity contribution in [3.8, 4) is 11.5 Å². The lowest BCUT2D eigenvalue weighted by Crippen LogP contribution is -2.43. The summed E-state index contributed by atoms with van der Waals surface area (Å²) in [5.41, 5.74) is 0.805. The first-order valence-electron chi connectivity index (χ1n) is 9.79. The fourth-order valence-corrected chi connectivity index (χ4v) is 3.23. The van der Waals surface area contributed by atoms with E-state index in [1.54, 1.807) is 32.7 Å². The molecule has 8 heteroatoms. The monoisotopic (exact) mass is 412 g/mol. The smallest absolute Gasteiger partial charge is 0.315 e. The molecule has 160 valence electrons. The SMILES string of the molecule is COc1cc(OC)cc(C(NC(=O)NC(C)CCc2ccco2)c2nccn2C)c1. The molecule has 0 bridgehead atoms. The molecular formula is C22H28N4O4. The van der Waals surface area contributed by atoms with Crippen molar-refractivity contribution in [2.75, 3.05) is 14.2 Å². The third-order valence-corrected chi connectivity index (χ3v) is 4.88. The summed E-state index contributed by atoms with van der Waals surface area (Å²) >= 11 is 0. The van der Waals surface area contributed by atoms with Crippen LogP contribution in [0.3, 0.4) is 0 Å². The van der Waals surface area contributed by atoms with Gasteiger partial charge in [-0.3, -0.25) is 0 Å². The zero-order chi connectivity index (χ0) is 21.5. The van der Waals surface area contributed by atoms with Gasteiger partial charge in [-0.1, -0.05) is 0 Å². The van der Waals surface area contributed by atoms with Crippen molar-refractivity contribution < 1.29 is 18.7 Å². The number of aromatic nitrogens is 2. The van der Waals surface area contributed by atoms with E-state index in [2.05, 4.69) is 15.6 Å². The van der Waals surface area contributed by atoms with Crippen LogP contribution in [0, 0.1) is 0 Å². The van der Waals surface area contributed by atoms with Crippen molar-refractivity contribution in [1.29, 1.82) is 0 Å². The number of imidazole rings is 1. The van der Waals surface area contributed by atoms with Crippen LogP contribution in [0.1, 0.15) is 36.5 Å². The second kappa shape index (κ2) is 9.87. The Kier molecular flexibility index (Phi) is 7.00. The number of carbonyl (C=O) groups excluding carboxylic acids is 1. The third-order valence-electron chi connectivity index (χ3n) is 4.88. The number of hydrogen-bond acceptors (Lipinski definition) is 5. The summed E-state index contributed by atoms with van der Waals surface area (Å²) in [6.45, 7) is 1.97. The molecule has 0 saturated carbocycles. The Morgan fingerprint density at radius 3 is 2.50 bits per heavy atom. The Hall–Kier alpha value is -3.42. The van der Waals surface area contributed by atoms with Gasteiger partial charge < -0.3 is 29.1 Å². The van der Waals surface area contributed by atoms with E-state index in [1.807, 2.05) is 49.0 Å². The molecule has 2 amide bonds. The summed E-state index contributed by atoms with van der Waals surface area (Å²) < 4.78 is 18.0. The zero-order valence-electron chi connectivity index (χ0n) is 17.7. The van der Waals surface area contributed by atoms with Crippen LogP contribution in [0.5, 0.6) is 11.5 Å². The van der Waals surface area contributed by atoms with E-state index in [1.165, 1.54) is 0 Å². The number of furan rings is 1. The Morgan fingerprint density at radius 2 is 1.93 bits per heavy atom. The van der Waals surface area contributed by atoms with Crippen LogP contribution < -0.4 is 20.1 Å². The van der Waals surface area contributed by atoms with Gasteiger partial charge in [0.2, 0.25) is 0 Å². The van der Waals surface area contributed by atoms with Gasteiger partial charge in [0.1, 0.15) is 29.1 Å². The van der Waals surface area contributed by atoms with Crippen LogP contribution in [0.4, 0.5) is 4.79 Å². The number of aryl methyl sites for hydroxylation is 2. The van der Waals surface area contributed by atoms with Gasteiger partial charge in [-0.05, 0) is 43.2 Å². The number of methoxy groups -OCH3 is 2. The molecule has 0 saturated heterocycles. The molecule has 2 N–H and O–H groups in total. The maximum Gasteiger partial charge on any atom is 0.315 e. The summed E-state index contributed by atoms with van der Waals surface area (Å²) in [7, 11) is 5.07. The number of amides is 2. The van der Waals surface area contributed by atoms with Crippen molar-refractivity contribution in [3.05, 3.63) is 66.1 Å². The molecule has 0 aliphatic rings. The van der Waals surface area contributed by atoms with Gasteiger partial charge in [0.05, 0.1) is 20.5 Å². The molecule has 0 spiro atoms. The molecule has 2 unspecified atom stereocenters. The molecule has 0 aliphatic heterocycles. The molecule has 8 nitrogen and oxygen atoms in total. The quantitative estimate of drug-likeness (QED) is 0.562. The summed E-state index contributed by atoms with van der Waals surface area (Å²) in [5, 5.41) is 6.03. The summed E-state index contributed by atoms with van der Waals surface area (Å²) in [5.74, 6) is 2.87. The molecule has 0 radical (unpaired) electrons. The van der Waals surface area contributed by atoms with Gasteiger partial charge >= 0.3 is 6.03 Å². The predicted octanol–water partition coefficient (Wildman–Crippen LogP) is 3.44. The molecule has 3 rings (SSSR count). The lowest BCUT2D eigenvalue weighted by atomic mass is 10.0. The minimum absolute atomic E-state index is 0.0306. The third kappa shape index (κ3) is 5.34. The van der Waals surface area contributed by atoms with E-state index in [0.29, 0.717) is 17.3 Å². The number of carbonyl (C=O) groups is 1. The average Bonchev–Trinajstić information content (AvgIpc) is 3.41. The highest BCUT2D eigenvalue weighted by molar-refractivity contribution is 5.75. The highest BCUT2D eigenvalue weighted by atomic mass is 16.5. The molecule has 2 atom stereocenters. The standard InChI is InChI=1S/C22H28N4O4/c1-15(7-8-17-6-5-11-30-17)24-22(27)25-20(21-23-9-10-26(21)2)16-12-18(28-3)14-19(13-16)29-4/h5-6,9-15,20H,7-8H2,1-4H3,(H2,24,25,27). The lowest BCUT2D eigenvalue weighted by molar-refractivity contribution is 0.234. The van der Waals surface area contributed by atoms with E-state index in [0.717, 1.165) is 24.2 Å². The van der Waals surface area contributed by atoms with Crippen LogP contribution in [-0.4, -0.2) is 35.8 Å². The van der Waals surface area contributed by atoms with E-state index in [9.17, 15) is 4.79 Å². The zero-order valence-corrected chi connectivity index (χ0v) is 17.7. The second-order valence-corrected chi connectivity index (χ2v) is 7.11. The number of benzene rings is 1. The maximum atomic E-state index is 12.8. The lowest BCUT2D eigenvalue weighted by Gasteiger charge is -2.22. The molecule has 0 aliphatic carbocycles. The summed E-state index contributed by atoms with van der Waals surface area (Å²) in [6, 6.07) is 8.51. The van der Waals surface area contributed by atoms with Gasteiger partial charge in [0, 0.05) is 38.0 Å². The summed E-state index contributed by atoms with van der Waals surface area (Å²) in [6.07, 6.45) is 6.71. The van der Waals surface area contributed by atoms with E-state index in [4.69, 9.17) is 13.9 Å². The van der Waals surface area contributed by atoms with E-state index < -0.39 is 6.04 Å². The number of ether oxygens (including phenoxy) is 2. The molecule has 2 aromatic heterocycles. The van der Waals surface area contributed by atoms with Gasteiger partial charge in [-0.15, -0.1) is 0 Å². The van der Waals surface area contributed by atoms with Crippen molar-refractivity contribution in [3.63, 3.8) is 0 Å². The van der Waals surface area contributed by atoms with Crippen LogP contribution in [0.15, 0.2) is 53.4 Å². The largest absolute Gasteiger partial charge is 0.497 e. The van der Waals surface area contributed by atoms with Crippen molar-refractivity contribution in [2.45, 2.75) is 31.8 Å². The molecule has 0 fully saturated rings. The Balaban J connectivity index is 1.75. The first kappa shape index (κ1) is 21.3. The van der Waals surface area contributed by atoms with E-state index in [-0.39, 0.29) is 12.1 Å². The number of hydrogen-bond donors (Lipinski definition) is 2. The molecule has 3 aromatic rings. The number of urea groups is 1. The number of rotatable bonds is 9. The molecule has 2 heterocycles. The van der Waals surface area contributed by atoms with Gasteiger partial charge in [0.25, 0.3) is 0 Å². The minimum Gasteiger partial charge on any atom is -0.497 e. The van der Waals surface area contributed by atoms with E-state index >= 15 is 0 Å². The van der Waals surface area contributed by atoms with Crippen LogP contribution in [-0.2, 0) is 13.5 Å². The van der Waals surface area contributed by atoms with Gasteiger partial charge in [0.15, 0.2) is 0 Å². The van der Waals surface area contributed by atoms with Crippen molar-refractivity contribution in [1.82, 2.24) is 20.2 Å². The maximum absolute atomic E-state index is 12.8. The van der Waals surface area contributed by atoms with Crippen LogP contribution in [0.2, 0.25) is 0 Å². The average molecular weight is 412 g/mol. The normalized spacial score (nSPS) is 12.8. The van der Waals surface area contributed by atoms with Crippen LogP contribution >= 0.6 is 0 Å². The topological polar surface area (TPSA) is 90.6 Å². The number of nitrogens with one attached hydrogen (secondary N) is 2. The molecular weight excluding hydrogens is 384 g/mol. The highest BCUT2D eigenvalue weighted by Crippen LogP contribution is 2.29. The number of nitrogens with zero attached hydrogens (tertiary/aromatic N) is 2. The Labute approximate surface area is 176 Å². The first-order chi connectivity index (χ1) is 14.5. The Bertz CT molecular complexity index is 930. The summed E-state index contributed by atoms with van der Waals surface area (Å²) in [4.78, 5) is 17.2. The van der Waals surface area contributed by atoms with Gasteiger partial charge in [-0.2, -0.15) is 0 Å². The molecule has 30 heavy (non-hydrogen) atoms. The first-order valence-corrected chi connectivity index (χ1v) is 9.79. The fraction of sp³-hybridized carbons (Fsp3) is 0.364.